The Kier molecular flexibility index (Phi) is 2.35. The molecule has 5 nitrogen and oxygen atoms in total. The molecular formula is C5H11N5. The van der Waals surface area contributed by atoms with E-state index >= 15 is 0 Å². The summed E-state index contributed by atoms with van der Waals surface area (Å²) >= 11 is 0. The molecular weight excluding hydrogens is 130 g/mol. The lowest BCUT2D eigenvalue weighted by molar-refractivity contribution is 0.637. The maximum Gasteiger partial charge on any atom is 0.0840 e. The lowest BCUT2D eigenvalue weighted by Crippen LogP contribution is -2.24. The third-order valence-electron chi connectivity index (χ3n) is 1.17. The van der Waals surface area contributed by atoms with Crippen molar-refractivity contribution in [3.05, 3.63) is 11.9 Å². The lowest BCUT2D eigenvalue weighted by Gasteiger charge is -1.91. The molecule has 5 heteroatoms. The van der Waals surface area contributed by atoms with Crippen molar-refractivity contribution in [3.8, 4) is 0 Å². The van der Waals surface area contributed by atoms with Gasteiger partial charge in [0.2, 0.25) is 0 Å². The fourth-order valence-electron chi connectivity index (χ4n) is 0.703. The summed E-state index contributed by atoms with van der Waals surface area (Å²) in [6.07, 6.45) is 2.56. The maximum atomic E-state index is 5.08. The molecule has 1 rings (SSSR count). The molecule has 0 saturated carbocycles. The van der Waals surface area contributed by atoms with Gasteiger partial charge in [0.25, 0.3) is 0 Å². The molecule has 0 aliphatic rings. The van der Waals surface area contributed by atoms with Crippen LogP contribution in [0.25, 0.3) is 0 Å². The van der Waals surface area contributed by atoms with Crippen LogP contribution >= 0.6 is 0 Å². The van der Waals surface area contributed by atoms with Crippen LogP contribution in [0.2, 0.25) is 0 Å². The van der Waals surface area contributed by atoms with Crippen LogP contribution in [0.5, 0.6) is 0 Å². The molecule has 0 saturated heterocycles. The Morgan fingerprint density at radius 1 is 1.80 bits per heavy atom. The van der Waals surface area contributed by atoms with Gasteiger partial charge >= 0.3 is 0 Å². The molecule has 0 radical (unpaired) electrons. The number of nitrogens with zero attached hydrogens (tertiary/aromatic N) is 3. The number of hydrazine groups is 1. The summed E-state index contributed by atoms with van der Waals surface area (Å²) < 4.78 is 0. The summed E-state index contributed by atoms with van der Waals surface area (Å²) in [6.45, 7) is 0.735. The van der Waals surface area contributed by atoms with Crippen molar-refractivity contribution < 1.29 is 0 Å². The molecule has 10 heavy (non-hydrogen) atoms. The zero-order valence-electron chi connectivity index (χ0n) is 5.91. The zero-order valence-corrected chi connectivity index (χ0v) is 5.91. The number of nitrogens with two attached hydrogens (primary N) is 1. The Balaban J connectivity index is 2.42. The summed E-state index contributed by atoms with van der Waals surface area (Å²) in [5.74, 6) is 5.08. The van der Waals surface area contributed by atoms with Crippen molar-refractivity contribution in [3.63, 3.8) is 0 Å². The van der Waals surface area contributed by atoms with Crippen molar-refractivity contribution in [1.29, 1.82) is 0 Å². The van der Waals surface area contributed by atoms with Gasteiger partial charge in [-0.2, -0.15) is 15.0 Å². The molecule has 0 aromatic carbocycles. The van der Waals surface area contributed by atoms with Crippen LogP contribution in [-0.4, -0.2) is 21.5 Å². The van der Waals surface area contributed by atoms with Crippen molar-refractivity contribution in [2.24, 2.45) is 12.9 Å². The van der Waals surface area contributed by atoms with Crippen LogP contribution in [0, 0.1) is 0 Å². The summed E-state index contributed by atoms with van der Waals surface area (Å²) in [6, 6.07) is 0. The minimum Gasteiger partial charge on any atom is -0.271 e. The Bertz CT molecular complexity index is 194. The van der Waals surface area contributed by atoms with E-state index in [1.54, 1.807) is 13.2 Å². The average molecular weight is 141 g/mol. The molecule has 1 aromatic heterocycles. The molecule has 3 N–H and O–H groups in total. The van der Waals surface area contributed by atoms with E-state index in [0.29, 0.717) is 0 Å². The van der Waals surface area contributed by atoms with Gasteiger partial charge in [0.1, 0.15) is 0 Å². The normalized spacial score (nSPS) is 10.2. The Morgan fingerprint density at radius 3 is 3.10 bits per heavy atom. The largest absolute Gasteiger partial charge is 0.271 e. The number of rotatable bonds is 3. The van der Waals surface area contributed by atoms with E-state index in [1.807, 2.05) is 0 Å². The van der Waals surface area contributed by atoms with Gasteiger partial charge in [-0.25, -0.2) is 0 Å². The molecule has 0 unspecified atom stereocenters. The predicted octanol–water partition coefficient (Wildman–Crippen LogP) is -1.18. The minimum atomic E-state index is 0.735. The Labute approximate surface area is 59.2 Å². The fourth-order valence-corrected chi connectivity index (χ4v) is 0.703. The number of nitrogens with one attached hydrogen (secondary N) is 1. The molecule has 56 valence electrons. The predicted molar refractivity (Wildman–Crippen MR) is 36.9 cm³/mol. The van der Waals surface area contributed by atoms with Gasteiger partial charge in [-0.05, 0) is 0 Å². The smallest absolute Gasteiger partial charge is 0.0840 e. The summed E-state index contributed by atoms with van der Waals surface area (Å²) in [5, 5.41) is 7.96. The van der Waals surface area contributed by atoms with Gasteiger partial charge in [0, 0.05) is 20.0 Å². The first-order chi connectivity index (χ1) is 4.83. The molecule has 0 bridgehead atoms. The molecule has 0 aliphatic carbocycles. The van der Waals surface area contributed by atoms with Crippen molar-refractivity contribution in [1.82, 2.24) is 20.4 Å². The Hall–Kier alpha value is -0.940. The van der Waals surface area contributed by atoms with Gasteiger partial charge in [-0.1, -0.05) is 0 Å². The first-order valence-corrected chi connectivity index (χ1v) is 3.11. The lowest BCUT2D eigenvalue weighted by atomic mass is 10.3. The van der Waals surface area contributed by atoms with E-state index < -0.39 is 0 Å². The van der Waals surface area contributed by atoms with E-state index in [0.717, 1.165) is 18.7 Å². The first-order valence-electron chi connectivity index (χ1n) is 3.11. The second kappa shape index (κ2) is 3.28. The van der Waals surface area contributed by atoms with E-state index in [2.05, 4.69) is 15.6 Å². The van der Waals surface area contributed by atoms with Crippen LogP contribution in [0.15, 0.2) is 6.20 Å². The maximum absolute atomic E-state index is 5.08. The highest BCUT2D eigenvalue weighted by Crippen LogP contribution is 1.89. The van der Waals surface area contributed by atoms with Crippen molar-refractivity contribution in [2.75, 3.05) is 6.54 Å². The Morgan fingerprint density at radius 2 is 2.60 bits per heavy atom. The van der Waals surface area contributed by atoms with Crippen LogP contribution in [0.1, 0.15) is 5.69 Å². The second-order valence-electron chi connectivity index (χ2n) is 2.03. The number of hydrogen-bond acceptors (Lipinski definition) is 4. The van der Waals surface area contributed by atoms with Crippen LogP contribution in [-0.2, 0) is 13.5 Å². The van der Waals surface area contributed by atoms with Crippen LogP contribution in [0.3, 0.4) is 0 Å². The highest BCUT2D eigenvalue weighted by molar-refractivity contribution is 4.91. The van der Waals surface area contributed by atoms with Gasteiger partial charge in [0.05, 0.1) is 11.9 Å². The monoisotopic (exact) mass is 141 g/mol. The molecule has 1 heterocycles. The third-order valence-corrected chi connectivity index (χ3v) is 1.17. The van der Waals surface area contributed by atoms with E-state index in [9.17, 15) is 0 Å². The quantitative estimate of drug-likeness (QED) is 0.410. The molecule has 0 spiro atoms. The van der Waals surface area contributed by atoms with E-state index in [-0.39, 0.29) is 0 Å². The molecule has 0 fully saturated rings. The zero-order chi connectivity index (χ0) is 7.40. The van der Waals surface area contributed by atoms with Crippen molar-refractivity contribution >= 4 is 0 Å². The highest BCUT2D eigenvalue weighted by Gasteiger charge is 1.94. The second-order valence-corrected chi connectivity index (χ2v) is 2.03. The molecule has 1 aromatic rings. The topological polar surface area (TPSA) is 68.8 Å². The number of hydrogen-bond donors (Lipinski definition) is 2. The van der Waals surface area contributed by atoms with Crippen molar-refractivity contribution in [2.45, 2.75) is 6.42 Å². The third kappa shape index (κ3) is 1.78. The molecule has 0 aliphatic heterocycles. The van der Waals surface area contributed by atoms with Crippen LogP contribution < -0.4 is 11.3 Å². The standard InChI is InChI=1S/C5H11N5/c1-10-8-4-5(9-10)2-3-7-6/h4,7H,2-3,6H2,1H3. The first kappa shape index (κ1) is 7.17. The fraction of sp³-hybridized carbons (Fsp3) is 0.600. The summed E-state index contributed by atoms with van der Waals surface area (Å²) in [4.78, 5) is 1.53. The summed E-state index contributed by atoms with van der Waals surface area (Å²) in [5.41, 5.74) is 3.51. The van der Waals surface area contributed by atoms with Gasteiger partial charge in [-0.15, -0.1) is 0 Å². The number of aromatic nitrogens is 3. The average Bonchev–Trinajstić information content (AvgIpc) is 2.31. The minimum absolute atomic E-state index is 0.735. The SMILES string of the molecule is Cn1ncc(CCNN)n1. The molecule has 0 amide bonds. The number of aryl methyl sites for hydroxylation is 1. The summed E-state index contributed by atoms with van der Waals surface area (Å²) in [7, 11) is 1.79. The van der Waals surface area contributed by atoms with Gasteiger partial charge in [-0.3, -0.25) is 11.3 Å². The van der Waals surface area contributed by atoms with Gasteiger partial charge in [0.15, 0.2) is 0 Å². The molecule has 0 atom stereocenters. The van der Waals surface area contributed by atoms with Crippen LogP contribution in [0.4, 0.5) is 0 Å². The van der Waals surface area contributed by atoms with E-state index in [1.165, 1.54) is 4.80 Å². The highest BCUT2D eigenvalue weighted by atomic mass is 15.4. The van der Waals surface area contributed by atoms with Gasteiger partial charge < -0.3 is 0 Å². The van der Waals surface area contributed by atoms with E-state index in [4.69, 9.17) is 5.84 Å².